The lowest BCUT2D eigenvalue weighted by molar-refractivity contribution is -0.115. The molecule has 1 aromatic carbocycles. The molecule has 2 rings (SSSR count). The predicted octanol–water partition coefficient (Wildman–Crippen LogP) is 2.68. The zero-order chi connectivity index (χ0) is 13.8. The molecule has 0 bridgehead atoms. The van der Waals surface area contributed by atoms with Crippen LogP contribution in [0.2, 0.25) is 0 Å². The molecule has 0 spiro atoms. The smallest absolute Gasteiger partial charge is 0.228 e. The molecular weight excluding hydrogens is 257 g/mol. The van der Waals surface area contributed by atoms with Gasteiger partial charge >= 0.3 is 0 Å². The van der Waals surface area contributed by atoms with Crippen molar-refractivity contribution in [3.05, 3.63) is 59.7 Å². The van der Waals surface area contributed by atoms with Gasteiger partial charge in [-0.25, -0.2) is 13.2 Å². The maximum absolute atomic E-state index is 13.3. The van der Waals surface area contributed by atoms with Crippen molar-refractivity contribution < 1.29 is 18.0 Å². The summed E-state index contributed by atoms with van der Waals surface area (Å²) in [4.78, 5) is 15.1. The Morgan fingerprint density at radius 2 is 1.95 bits per heavy atom. The molecule has 0 radical (unpaired) electrons. The number of hydrogen-bond donors (Lipinski definition) is 1. The zero-order valence-corrected chi connectivity index (χ0v) is 9.66. The van der Waals surface area contributed by atoms with Crippen molar-refractivity contribution in [3.8, 4) is 0 Å². The predicted molar refractivity (Wildman–Crippen MR) is 62.9 cm³/mol. The standard InChI is InChI=1S/C13H9F3N2O/c14-9-2-1-8(10(15)6-9)5-13(19)18-12-3-4-17-7-11(12)16/h1-4,6-7H,5H2,(H,17,18,19). The molecule has 1 amide bonds. The molecule has 1 N–H and O–H groups in total. The van der Waals surface area contributed by atoms with E-state index in [1.807, 2.05) is 0 Å². The summed E-state index contributed by atoms with van der Waals surface area (Å²) in [5.74, 6) is -2.82. The minimum atomic E-state index is -0.814. The molecule has 0 saturated carbocycles. The fourth-order valence-corrected chi connectivity index (χ4v) is 1.51. The number of benzene rings is 1. The number of hydrogen-bond acceptors (Lipinski definition) is 2. The molecule has 98 valence electrons. The molecule has 3 nitrogen and oxygen atoms in total. The third kappa shape index (κ3) is 3.31. The minimum Gasteiger partial charge on any atom is -0.323 e. The van der Waals surface area contributed by atoms with Gasteiger partial charge in [0.15, 0.2) is 5.82 Å². The minimum absolute atomic E-state index is 0.0355. The van der Waals surface area contributed by atoms with E-state index in [0.29, 0.717) is 6.07 Å². The van der Waals surface area contributed by atoms with Crippen LogP contribution in [0.3, 0.4) is 0 Å². The Morgan fingerprint density at radius 1 is 1.16 bits per heavy atom. The SMILES string of the molecule is O=C(Cc1ccc(F)cc1F)Nc1ccncc1F. The number of anilines is 1. The van der Waals surface area contributed by atoms with Gasteiger partial charge in [0.25, 0.3) is 0 Å². The maximum atomic E-state index is 13.3. The van der Waals surface area contributed by atoms with Crippen LogP contribution in [0, 0.1) is 17.5 Å². The lowest BCUT2D eigenvalue weighted by Gasteiger charge is -2.06. The fraction of sp³-hybridized carbons (Fsp3) is 0.0769. The summed E-state index contributed by atoms with van der Waals surface area (Å²) in [6.07, 6.45) is 1.96. The van der Waals surface area contributed by atoms with E-state index < -0.39 is 23.4 Å². The van der Waals surface area contributed by atoms with Crippen LogP contribution in [0.25, 0.3) is 0 Å². The number of carbonyl (C=O) groups is 1. The zero-order valence-electron chi connectivity index (χ0n) is 9.66. The fourth-order valence-electron chi connectivity index (χ4n) is 1.51. The van der Waals surface area contributed by atoms with Crippen LogP contribution in [0.1, 0.15) is 5.56 Å². The number of carbonyl (C=O) groups excluding carboxylic acids is 1. The van der Waals surface area contributed by atoms with Gasteiger partial charge in [0, 0.05) is 12.3 Å². The van der Waals surface area contributed by atoms with Crippen LogP contribution >= 0.6 is 0 Å². The van der Waals surface area contributed by atoms with E-state index in [4.69, 9.17) is 0 Å². The lowest BCUT2D eigenvalue weighted by atomic mass is 10.1. The summed E-state index contributed by atoms with van der Waals surface area (Å²) < 4.78 is 39.2. The Hall–Kier alpha value is -2.37. The molecule has 0 aliphatic carbocycles. The quantitative estimate of drug-likeness (QED) is 0.928. The first kappa shape index (κ1) is 13.1. The van der Waals surface area contributed by atoms with Gasteiger partial charge in [-0.2, -0.15) is 0 Å². The number of aromatic nitrogens is 1. The number of nitrogens with zero attached hydrogens (tertiary/aromatic N) is 1. The second-order valence-corrected chi connectivity index (χ2v) is 3.82. The van der Waals surface area contributed by atoms with Crippen LogP contribution in [-0.4, -0.2) is 10.9 Å². The molecular formula is C13H9F3N2O. The first-order valence-electron chi connectivity index (χ1n) is 5.39. The summed E-state index contributed by atoms with van der Waals surface area (Å²) in [5.41, 5.74) is -0.00381. The van der Waals surface area contributed by atoms with Crippen molar-refractivity contribution in [1.82, 2.24) is 4.98 Å². The summed E-state index contributed by atoms with van der Waals surface area (Å²) >= 11 is 0. The Morgan fingerprint density at radius 3 is 2.63 bits per heavy atom. The first-order chi connectivity index (χ1) is 9.06. The number of pyridine rings is 1. The van der Waals surface area contributed by atoms with Gasteiger partial charge in [-0.05, 0) is 17.7 Å². The van der Waals surface area contributed by atoms with Crippen LogP contribution in [0.5, 0.6) is 0 Å². The highest BCUT2D eigenvalue weighted by Gasteiger charge is 2.11. The van der Waals surface area contributed by atoms with Crippen molar-refractivity contribution in [2.75, 3.05) is 5.32 Å². The highest BCUT2D eigenvalue weighted by atomic mass is 19.1. The van der Waals surface area contributed by atoms with Gasteiger partial charge in [0.1, 0.15) is 11.6 Å². The third-order valence-corrected chi connectivity index (χ3v) is 2.41. The van der Waals surface area contributed by atoms with Gasteiger partial charge in [0.05, 0.1) is 18.3 Å². The molecule has 19 heavy (non-hydrogen) atoms. The first-order valence-corrected chi connectivity index (χ1v) is 5.39. The van der Waals surface area contributed by atoms with Crippen molar-refractivity contribution in [3.63, 3.8) is 0 Å². The molecule has 1 aromatic heterocycles. The van der Waals surface area contributed by atoms with Crippen molar-refractivity contribution >= 4 is 11.6 Å². The second kappa shape index (κ2) is 5.51. The molecule has 0 fully saturated rings. The lowest BCUT2D eigenvalue weighted by Crippen LogP contribution is -2.16. The van der Waals surface area contributed by atoms with Crippen molar-refractivity contribution in [1.29, 1.82) is 0 Å². The monoisotopic (exact) mass is 266 g/mol. The van der Waals surface area contributed by atoms with E-state index >= 15 is 0 Å². The number of rotatable bonds is 3. The second-order valence-electron chi connectivity index (χ2n) is 3.82. The van der Waals surface area contributed by atoms with Crippen LogP contribution in [0.15, 0.2) is 36.7 Å². The van der Waals surface area contributed by atoms with Crippen molar-refractivity contribution in [2.45, 2.75) is 6.42 Å². The normalized spacial score (nSPS) is 10.3. The van der Waals surface area contributed by atoms with Gasteiger partial charge in [-0.1, -0.05) is 6.07 Å². The Balaban J connectivity index is 2.08. The molecule has 6 heteroatoms. The molecule has 2 aromatic rings. The molecule has 0 aliphatic heterocycles. The average Bonchev–Trinajstić information content (AvgIpc) is 2.36. The summed E-state index contributed by atoms with van der Waals surface area (Å²) in [6, 6.07) is 4.20. The van der Waals surface area contributed by atoms with E-state index in [-0.39, 0.29) is 17.7 Å². The van der Waals surface area contributed by atoms with Crippen molar-refractivity contribution in [2.24, 2.45) is 0 Å². The van der Waals surface area contributed by atoms with E-state index in [2.05, 4.69) is 10.3 Å². The summed E-state index contributed by atoms with van der Waals surface area (Å²) in [5, 5.41) is 2.29. The summed E-state index contributed by atoms with van der Waals surface area (Å²) in [7, 11) is 0. The van der Waals surface area contributed by atoms with Gasteiger partial charge in [0.2, 0.25) is 5.91 Å². The van der Waals surface area contributed by atoms with Gasteiger partial charge in [-0.3, -0.25) is 9.78 Å². The van der Waals surface area contributed by atoms with Gasteiger partial charge < -0.3 is 5.32 Å². The number of amides is 1. The largest absolute Gasteiger partial charge is 0.323 e. The van der Waals surface area contributed by atoms with Gasteiger partial charge in [-0.15, -0.1) is 0 Å². The van der Waals surface area contributed by atoms with E-state index in [1.54, 1.807) is 0 Å². The molecule has 0 unspecified atom stereocenters. The van der Waals surface area contributed by atoms with E-state index in [0.717, 1.165) is 12.3 Å². The highest BCUT2D eigenvalue weighted by Crippen LogP contribution is 2.13. The Labute approximate surface area is 107 Å². The molecule has 1 heterocycles. The highest BCUT2D eigenvalue weighted by molar-refractivity contribution is 5.92. The molecule has 0 aliphatic rings. The number of halogens is 3. The van der Waals surface area contributed by atoms with Crippen LogP contribution in [0.4, 0.5) is 18.9 Å². The van der Waals surface area contributed by atoms with E-state index in [9.17, 15) is 18.0 Å². The molecule has 0 saturated heterocycles. The topological polar surface area (TPSA) is 42.0 Å². The van der Waals surface area contributed by atoms with Crippen LogP contribution < -0.4 is 5.32 Å². The Kier molecular flexibility index (Phi) is 3.79. The molecule has 0 atom stereocenters. The maximum Gasteiger partial charge on any atom is 0.228 e. The third-order valence-electron chi connectivity index (χ3n) is 2.41. The number of nitrogens with one attached hydrogen (secondary N) is 1. The summed E-state index contributed by atoms with van der Waals surface area (Å²) in [6.45, 7) is 0. The average molecular weight is 266 g/mol. The van der Waals surface area contributed by atoms with Crippen LogP contribution in [-0.2, 0) is 11.2 Å². The Bertz CT molecular complexity index is 617. The van der Waals surface area contributed by atoms with E-state index in [1.165, 1.54) is 18.3 Å².